The molecule has 1 saturated heterocycles. The molecule has 1 aliphatic rings. The molecule has 9 nitrogen and oxygen atoms in total. The summed E-state index contributed by atoms with van der Waals surface area (Å²) in [7, 11) is -0.439. The Morgan fingerprint density at radius 3 is 2.50 bits per heavy atom. The van der Waals surface area contributed by atoms with E-state index in [0.29, 0.717) is 28.8 Å². The molecule has 0 spiro atoms. The number of para-hydroxylation sites is 1. The molecule has 0 bridgehead atoms. The summed E-state index contributed by atoms with van der Waals surface area (Å²) in [5, 5.41) is 26.5. The van der Waals surface area contributed by atoms with Gasteiger partial charge in [-0.1, -0.05) is 83.3 Å². The van der Waals surface area contributed by atoms with Crippen LogP contribution >= 0.6 is 7.92 Å². The highest BCUT2D eigenvalue weighted by Gasteiger charge is 2.25. The number of pyridine rings is 1. The minimum atomic E-state index is -0.439. The van der Waals surface area contributed by atoms with Crippen molar-refractivity contribution in [3.63, 3.8) is 0 Å². The standard InChI is InChI=1S/C40H41N6O3P/c1-40(2,3)35-25-37(46(45-35)29-14-9-11-27(23-29)26-50-22-10-17-38(50)47)44-39(48)43-33-18-19-34(32-16-8-7-15-31(32)33)49-30-20-21-41-36(24-30)42-28-12-5-4-6-13-28/h4-9,11-16,18-21,23-25,38,47H,10,17,22,26H2,1-3H3,(H,41,42)(H2,43,44,48). The second kappa shape index (κ2) is 14.3. The van der Waals surface area contributed by atoms with E-state index in [1.54, 1.807) is 10.9 Å². The maximum Gasteiger partial charge on any atom is 0.324 e. The number of aliphatic hydroxyl groups excluding tert-OH is 1. The van der Waals surface area contributed by atoms with E-state index in [9.17, 15) is 9.90 Å². The lowest BCUT2D eigenvalue weighted by molar-refractivity contribution is 0.255. The van der Waals surface area contributed by atoms with Crippen LogP contribution in [0.3, 0.4) is 0 Å². The van der Waals surface area contributed by atoms with Crippen LogP contribution in [-0.2, 0) is 11.6 Å². The molecular formula is C40H41N6O3P. The Morgan fingerprint density at radius 1 is 0.920 bits per heavy atom. The molecule has 0 saturated carbocycles. The number of aliphatic hydroxyl groups is 1. The van der Waals surface area contributed by atoms with Crippen LogP contribution < -0.4 is 20.7 Å². The maximum absolute atomic E-state index is 13.6. The van der Waals surface area contributed by atoms with Crippen molar-refractivity contribution in [3.8, 4) is 17.2 Å². The molecule has 3 heterocycles. The van der Waals surface area contributed by atoms with Gasteiger partial charge in [0, 0.05) is 40.2 Å². The molecule has 4 aromatic carbocycles. The molecule has 2 atom stereocenters. The van der Waals surface area contributed by atoms with E-state index in [4.69, 9.17) is 9.84 Å². The quantitative estimate of drug-likeness (QED) is 0.113. The van der Waals surface area contributed by atoms with E-state index in [-0.39, 0.29) is 17.3 Å². The Kier molecular flexibility index (Phi) is 9.52. The molecule has 7 rings (SSSR count). The minimum Gasteiger partial charge on any atom is -0.457 e. The second-order valence-electron chi connectivity index (χ2n) is 13.5. The number of hydrogen-bond acceptors (Lipinski definition) is 6. The number of aromatic nitrogens is 3. The first kappa shape index (κ1) is 33.3. The Balaban J connectivity index is 1.11. The summed E-state index contributed by atoms with van der Waals surface area (Å²) in [5.41, 5.74) is 4.24. The van der Waals surface area contributed by atoms with Gasteiger partial charge in [-0.15, -0.1) is 0 Å². The van der Waals surface area contributed by atoms with Crippen molar-refractivity contribution in [1.29, 1.82) is 0 Å². The lowest BCUT2D eigenvalue weighted by Crippen LogP contribution is -2.21. The van der Waals surface area contributed by atoms with Crippen LogP contribution in [-0.4, -0.2) is 37.9 Å². The molecule has 1 aliphatic heterocycles. The summed E-state index contributed by atoms with van der Waals surface area (Å²) in [6.07, 6.45) is 5.67. The van der Waals surface area contributed by atoms with Crippen molar-refractivity contribution in [2.75, 3.05) is 22.1 Å². The van der Waals surface area contributed by atoms with Gasteiger partial charge < -0.3 is 20.5 Å². The Morgan fingerprint density at radius 2 is 1.72 bits per heavy atom. The molecule has 50 heavy (non-hydrogen) atoms. The average molecular weight is 685 g/mol. The van der Waals surface area contributed by atoms with Crippen molar-refractivity contribution in [2.24, 2.45) is 0 Å². The average Bonchev–Trinajstić information content (AvgIpc) is 3.72. The second-order valence-corrected chi connectivity index (χ2v) is 16.1. The van der Waals surface area contributed by atoms with Gasteiger partial charge in [0.1, 0.15) is 23.1 Å². The molecule has 4 N–H and O–H groups in total. The number of carbonyl (C=O) groups excluding carboxylic acids is 1. The van der Waals surface area contributed by atoms with Gasteiger partial charge in [0.2, 0.25) is 0 Å². The zero-order valence-corrected chi connectivity index (χ0v) is 29.3. The number of fused-ring (bicyclic) bond motifs is 1. The number of hydrogen-bond donors (Lipinski definition) is 4. The van der Waals surface area contributed by atoms with Crippen LogP contribution in [0.1, 0.15) is 44.9 Å². The third kappa shape index (κ3) is 7.65. The van der Waals surface area contributed by atoms with Gasteiger partial charge in [0.05, 0.1) is 22.9 Å². The van der Waals surface area contributed by atoms with Crippen LogP contribution in [0, 0.1) is 0 Å². The van der Waals surface area contributed by atoms with Gasteiger partial charge in [-0.05, 0) is 73.2 Å². The fourth-order valence-electron chi connectivity index (χ4n) is 6.13. The van der Waals surface area contributed by atoms with Gasteiger partial charge in [-0.2, -0.15) is 5.10 Å². The topological polar surface area (TPSA) is 113 Å². The number of ether oxygens (including phenoxy) is 1. The lowest BCUT2D eigenvalue weighted by atomic mass is 9.92. The predicted octanol–water partition coefficient (Wildman–Crippen LogP) is 9.99. The van der Waals surface area contributed by atoms with E-state index >= 15 is 0 Å². The summed E-state index contributed by atoms with van der Waals surface area (Å²) >= 11 is 0. The first-order valence-electron chi connectivity index (χ1n) is 16.9. The number of nitrogens with zero attached hydrogens (tertiary/aromatic N) is 3. The van der Waals surface area contributed by atoms with Crippen molar-refractivity contribution in [1.82, 2.24) is 14.8 Å². The van der Waals surface area contributed by atoms with Gasteiger partial charge in [0.25, 0.3) is 0 Å². The number of amides is 2. The van der Waals surface area contributed by atoms with Gasteiger partial charge in [-0.3, -0.25) is 5.32 Å². The molecule has 1 fully saturated rings. The van der Waals surface area contributed by atoms with Crippen molar-refractivity contribution >= 4 is 47.7 Å². The molecule has 0 aliphatic carbocycles. The summed E-state index contributed by atoms with van der Waals surface area (Å²) in [6.45, 7) is 6.31. The highest BCUT2D eigenvalue weighted by molar-refractivity contribution is 7.57. The van der Waals surface area contributed by atoms with Crippen molar-refractivity contribution in [2.45, 2.75) is 51.0 Å². The van der Waals surface area contributed by atoms with Gasteiger partial charge in [0.15, 0.2) is 0 Å². The fourth-order valence-corrected chi connectivity index (χ4v) is 8.60. The number of rotatable bonds is 9. The minimum absolute atomic E-state index is 0.186. The smallest absolute Gasteiger partial charge is 0.324 e. The highest BCUT2D eigenvalue weighted by Crippen LogP contribution is 2.51. The Bertz CT molecular complexity index is 2130. The molecule has 2 amide bonds. The number of urea groups is 1. The Labute approximate surface area is 293 Å². The van der Waals surface area contributed by atoms with Crippen LogP contribution in [0.2, 0.25) is 0 Å². The Hall–Kier alpha value is -5.24. The third-order valence-corrected chi connectivity index (χ3v) is 11.5. The number of carbonyl (C=O) groups is 1. The van der Waals surface area contributed by atoms with E-state index < -0.39 is 7.92 Å². The first-order valence-corrected chi connectivity index (χ1v) is 18.7. The van der Waals surface area contributed by atoms with Crippen LogP contribution in [0.15, 0.2) is 115 Å². The normalized spacial score (nSPS) is 15.9. The third-order valence-electron chi connectivity index (χ3n) is 8.73. The van der Waals surface area contributed by atoms with E-state index in [1.165, 1.54) is 5.56 Å². The molecule has 10 heteroatoms. The zero-order chi connectivity index (χ0) is 34.7. The summed E-state index contributed by atoms with van der Waals surface area (Å²) < 4.78 is 8.15. The number of anilines is 4. The van der Waals surface area contributed by atoms with E-state index in [2.05, 4.69) is 53.8 Å². The highest BCUT2D eigenvalue weighted by atomic mass is 31.1. The molecule has 2 unspecified atom stereocenters. The molecule has 0 radical (unpaired) electrons. The van der Waals surface area contributed by atoms with Crippen LogP contribution in [0.4, 0.5) is 27.8 Å². The summed E-state index contributed by atoms with van der Waals surface area (Å²) in [4.78, 5) is 18.1. The molecular weight excluding hydrogens is 643 g/mol. The molecule has 254 valence electrons. The number of nitrogens with one attached hydrogen (secondary N) is 3. The maximum atomic E-state index is 13.6. The number of benzene rings is 4. The largest absolute Gasteiger partial charge is 0.457 e. The van der Waals surface area contributed by atoms with Crippen LogP contribution in [0.5, 0.6) is 11.5 Å². The van der Waals surface area contributed by atoms with Crippen molar-refractivity contribution in [3.05, 3.63) is 127 Å². The fraction of sp³-hybridized carbons (Fsp3) is 0.225. The summed E-state index contributed by atoms with van der Waals surface area (Å²) in [5.74, 6) is 2.34. The first-order chi connectivity index (χ1) is 24.2. The van der Waals surface area contributed by atoms with Crippen molar-refractivity contribution < 1.29 is 14.6 Å². The van der Waals surface area contributed by atoms with Gasteiger partial charge >= 0.3 is 6.03 Å². The van der Waals surface area contributed by atoms with E-state index in [1.807, 2.05) is 97.1 Å². The summed E-state index contributed by atoms with van der Waals surface area (Å²) in [6, 6.07) is 34.8. The van der Waals surface area contributed by atoms with E-state index in [0.717, 1.165) is 53.0 Å². The lowest BCUT2D eigenvalue weighted by Gasteiger charge is -2.17. The molecule has 6 aromatic rings. The monoisotopic (exact) mass is 684 g/mol. The predicted molar refractivity (Wildman–Crippen MR) is 204 cm³/mol. The van der Waals surface area contributed by atoms with Gasteiger partial charge in [-0.25, -0.2) is 14.5 Å². The SMILES string of the molecule is CC(C)(C)c1cc(NC(=O)Nc2ccc(Oc3ccnc(Nc4ccccc4)c3)c3ccccc23)n(-c2cccc(CP3CCCC3O)c2)n1. The van der Waals surface area contributed by atoms with Crippen LogP contribution in [0.25, 0.3) is 16.5 Å². The zero-order valence-electron chi connectivity index (χ0n) is 28.4. The molecule has 2 aromatic heterocycles.